The van der Waals surface area contributed by atoms with E-state index in [-0.39, 0.29) is 0 Å². The Morgan fingerprint density at radius 2 is 2.00 bits per heavy atom. The SMILES string of the molecule is Clc1ccc2c(c1)C(NCc1ccc(Br)cc1)CCS2. The summed E-state index contributed by atoms with van der Waals surface area (Å²) in [7, 11) is 0. The molecule has 4 heteroatoms. The maximum absolute atomic E-state index is 6.13. The van der Waals surface area contributed by atoms with Gasteiger partial charge in [0.25, 0.3) is 0 Å². The normalized spacial score (nSPS) is 17.8. The monoisotopic (exact) mass is 367 g/mol. The summed E-state index contributed by atoms with van der Waals surface area (Å²) < 4.78 is 1.12. The molecule has 1 aliphatic heterocycles. The van der Waals surface area contributed by atoms with Crippen molar-refractivity contribution in [2.45, 2.75) is 23.9 Å². The van der Waals surface area contributed by atoms with E-state index in [4.69, 9.17) is 11.6 Å². The van der Waals surface area contributed by atoms with Crippen LogP contribution in [0, 0.1) is 0 Å². The molecule has 0 saturated carbocycles. The number of rotatable bonds is 3. The largest absolute Gasteiger partial charge is 0.306 e. The second-order valence-corrected chi connectivity index (χ2v) is 7.37. The van der Waals surface area contributed by atoms with Crippen molar-refractivity contribution < 1.29 is 0 Å². The van der Waals surface area contributed by atoms with Crippen LogP contribution in [0.3, 0.4) is 0 Å². The van der Waals surface area contributed by atoms with E-state index in [2.05, 4.69) is 57.6 Å². The smallest absolute Gasteiger partial charge is 0.0410 e. The van der Waals surface area contributed by atoms with Crippen molar-refractivity contribution >= 4 is 39.3 Å². The number of halogens is 2. The summed E-state index contributed by atoms with van der Waals surface area (Å²) in [4.78, 5) is 1.36. The topological polar surface area (TPSA) is 12.0 Å². The van der Waals surface area contributed by atoms with Crippen LogP contribution in [0.1, 0.15) is 23.6 Å². The van der Waals surface area contributed by atoms with E-state index in [1.807, 2.05) is 17.8 Å². The number of fused-ring (bicyclic) bond motifs is 1. The minimum Gasteiger partial charge on any atom is -0.306 e. The Morgan fingerprint density at radius 3 is 2.80 bits per heavy atom. The van der Waals surface area contributed by atoms with Crippen molar-refractivity contribution in [1.29, 1.82) is 0 Å². The van der Waals surface area contributed by atoms with Crippen LogP contribution in [0.15, 0.2) is 51.8 Å². The van der Waals surface area contributed by atoms with Gasteiger partial charge in [-0.1, -0.05) is 39.7 Å². The molecule has 1 heterocycles. The predicted molar refractivity (Wildman–Crippen MR) is 90.5 cm³/mol. The standard InChI is InChI=1S/C16H15BrClNS/c17-12-3-1-11(2-4-12)10-19-15-7-8-20-16-6-5-13(18)9-14(15)16/h1-6,9,15,19H,7-8,10H2. The Kier molecular flexibility index (Phi) is 4.72. The van der Waals surface area contributed by atoms with Gasteiger partial charge in [0.05, 0.1) is 0 Å². The van der Waals surface area contributed by atoms with Crippen LogP contribution in [0.2, 0.25) is 5.02 Å². The number of benzene rings is 2. The quantitative estimate of drug-likeness (QED) is 0.775. The zero-order valence-corrected chi connectivity index (χ0v) is 14.1. The van der Waals surface area contributed by atoms with Gasteiger partial charge in [0, 0.05) is 27.0 Å². The molecule has 3 rings (SSSR count). The van der Waals surface area contributed by atoms with Crippen LogP contribution in [-0.4, -0.2) is 5.75 Å². The summed E-state index contributed by atoms with van der Waals surface area (Å²) in [5.41, 5.74) is 2.64. The van der Waals surface area contributed by atoms with Crippen LogP contribution in [0.4, 0.5) is 0 Å². The molecule has 2 aromatic carbocycles. The van der Waals surface area contributed by atoms with E-state index < -0.39 is 0 Å². The lowest BCUT2D eigenvalue weighted by Gasteiger charge is -2.26. The van der Waals surface area contributed by atoms with Gasteiger partial charge in [-0.2, -0.15) is 0 Å². The molecule has 0 bridgehead atoms. The molecule has 0 radical (unpaired) electrons. The van der Waals surface area contributed by atoms with E-state index in [0.29, 0.717) is 6.04 Å². The number of hydrogen-bond acceptors (Lipinski definition) is 2. The Bertz CT molecular complexity index is 600. The number of nitrogens with one attached hydrogen (secondary N) is 1. The van der Waals surface area contributed by atoms with Crippen molar-refractivity contribution in [3.8, 4) is 0 Å². The summed E-state index contributed by atoms with van der Waals surface area (Å²) in [5, 5.41) is 4.47. The predicted octanol–water partition coefficient (Wildman–Crippen LogP) is 5.43. The van der Waals surface area contributed by atoms with Crippen LogP contribution >= 0.6 is 39.3 Å². The fourth-order valence-electron chi connectivity index (χ4n) is 2.42. The molecule has 1 atom stereocenters. The minimum atomic E-state index is 0.397. The van der Waals surface area contributed by atoms with Crippen LogP contribution < -0.4 is 5.32 Å². The average molecular weight is 369 g/mol. The molecule has 1 aliphatic rings. The van der Waals surface area contributed by atoms with Gasteiger partial charge in [0.15, 0.2) is 0 Å². The first-order valence-corrected chi connectivity index (χ1v) is 8.78. The van der Waals surface area contributed by atoms with Crippen LogP contribution in [0.25, 0.3) is 0 Å². The molecule has 0 aromatic heterocycles. The van der Waals surface area contributed by atoms with Crippen molar-refractivity contribution in [2.24, 2.45) is 0 Å². The fourth-order valence-corrected chi connectivity index (χ4v) is 3.97. The van der Waals surface area contributed by atoms with Gasteiger partial charge in [-0.3, -0.25) is 0 Å². The summed E-state index contributed by atoms with van der Waals surface area (Å²) in [6, 6.07) is 15.1. The van der Waals surface area contributed by atoms with Crippen LogP contribution in [-0.2, 0) is 6.54 Å². The molecule has 1 unspecified atom stereocenters. The third-order valence-corrected chi connectivity index (χ3v) is 5.36. The molecule has 1 N–H and O–H groups in total. The Labute approximate surface area is 137 Å². The molecular weight excluding hydrogens is 354 g/mol. The molecule has 20 heavy (non-hydrogen) atoms. The third-order valence-electron chi connectivity index (χ3n) is 3.48. The first-order valence-electron chi connectivity index (χ1n) is 6.62. The lowest BCUT2D eigenvalue weighted by atomic mass is 10.0. The van der Waals surface area contributed by atoms with Gasteiger partial charge in [-0.05, 0) is 53.6 Å². The summed E-state index contributed by atoms with van der Waals surface area (Å²) >= 11 is 11.5. The van der Waals surface area contributed by atoms with Crippen molar-refractivity contribution in [3.63, 3.8) is 0 Å². The van der Waals surface area contributed by atoms with Crippen molar-refractivity contribution in [2.75, 3.05) is 5.75 Å². The molecule has 0 spiro atoms. The molecule has 0 amide bonds. The highest BCUT2D eigenvalue weighted by Gasteiger charge is 2.20. The molecule has 104 valence electrons. The summed E-state index contributed by atoms with van der Waals surface area (Å²) in [6.45, 7) is 0.883. The van der Waals surface area contributed by atoms with E-state index in [9.17, 15) is 0 Å². The molecule has 2 aromatic rings. The summed E-state index contributed by atoms with van der Waals surface area (Å²) in [5.74, 6) is 1.16. The Balaban J connectivity index is 1.73. The molecule has 0 saturated heterocycles. The highest BCUT2D eigenvalue weighted by Crippen LogP contribution is 2.37. The molecular formula is C16H15BrClNS. The lowest BCUT2D eigenvalue weighted by Crippen LogP contribution is -2.24. The first-order chi connectivity index (χ1) is 9.72. The van der Waals surface area contributed by atoms with Gasteiger partial charge in [-0.25, -0.2) is 0 Å². The maximum Gasteiger partial charge on any atom is 0.0410 e. The van der Waals surface area contributed by atoms with Gasteiger partial charge < -0.3 is 5.32 Å². The highest BCUT2D eigenvalue weighted by molar-refractivity contribution is 9.10. The first kappa shape index (κ1) is 14.5. The van der Waals surface area contributed by atoms with Gasteiger partial charge in [-0.15, -0.1) is 11.8 Å². The maximum atomic E-state index is 6.13. The van der Waals surface area contributed by atoms with Gasteiger partial charge in [0.2, 0.25) is 0 Å². The highest BCUT2D eigenvalue weighted by atomic mass is 79.9. The Hall–Kier alpha value is -0.480. The van der Waals surface area contributed by atoms with E-state index in [0.717, 1.165) is 28.2 Å². The second kappa shape index (κ2) is 6.52. The van der Waals surface area contributed by atoms with Crippen LogP contribution in [0.5, 0.6) is 0 Å². The number of thioether (sulfide) groups is 1. The van der Waals surface area contributed by atoms with E-state index in [1.165, 1.54) is 16.0 Å². The molecule has 0 fully saturated rings. The average Bonchev–Trinajstić information content (AvgIpc) is 2.47. The number of hydrogen-bond donors (Lipinski definition) is 1. The lowest BCUT2D eigenvalue weighted by molar-refractivity contribution is 0.510. The zero-order valence-electron chi connectivity index (χ0n) is 10.9. The van der Waals surface area contributed by atoms with Gasteiger partial charge >= 0.3 is 0 Å². The zero-order chi connectivity index (χ0) is 13.9. The van der Waals surface area contributed by atoms with E-state index >= 15 is 0 Å². The fraction of sp³-hybridized carbons (Fsp3) is 0.250. The Morgan fingerprint density at radius 1 is 1.20 bits per heavy atom. The second-order valence-electron chi connectivity index (χ2n) is 4.88. The van der Waals surface area contributed by atoms with Gasteiger partial charge in [0.1, 0.15) is 0 Å². The summed E-state index contributed by atoms with van der Waals surface area (Å²) in [6.07, 6.45) is 1.15. The van der Waals surface area contributed by atoms with E-state index in [1.54, 1.807) is 0 Å². The van der Waals surface area contributed by atoms with Crippen molar-refractivity contribution in [3.05, 3.63) is 63.1 Å². The van der Waals surface area contributed by atoms with Crippen molar-refractivity contribution in [1.82, 2.24) is 5.32 Å². The minimum absolute atomic E-state index is 0.397. The third kappa shape index (κ3) is 3.40. The molecule has 1 nitrogen and oxygen atoms in total. The molecule has 0 aliphatic carbocycles.